The van der Waals surface area contributed by atoms with Crippen LogP contribution in [0.2, 0.25) is 0 Å². The molecule has 0 saturated carbocycles. The smallest absolute Gasteiger partial charge is 0.372 e. The molecule has 43 heavy (non-hydrogen) atoms. The molecular weight excluding hydrogens is 558 g/mol. The van der Waals surface area contributed by atoms with E-state index in [1.54, 1.807) is 48.5 Å². The molecule has 0 aliphatic carbocycles. The van der Waals surface area contributed by atoms with Crippen LogP contribution in [0.5, 0.6) is 11.5 Å². The van der Waals surface area contributed by atoms with Crippen LogP contribution in [0, 0.1) is 10.8 Å². The number of nitrogens with two attached hydrogens (primary N) is 2. The number of rotatable bonds is 16. The fourth-order valence-electron chi connectivity index (χ4n) is 3.93. The van der Waals surface area contributed by atoms with Crippen LogP contribution in [-0.2, 0) is 27.4 Å². The van der Waals surface area contributed by atoms with Crippen molar-refractivity contribution in [1.82, 2.24) is 5.32 Å². The van der Waals surface area contributed by atoms with E-state index in [1.807, 2.05) is 0 Å². The normalized spacial score (nSPS) is 11.2. The van der Waals surface area contributed by atoms with Gasteiger partial charge in [-0.15, -0.1) is 0 Å². The summed E-state index contributed by atoms with van der Waals surface area (Å²) in [6.07, 6.45) is -0.756. The summed E-state index contributed by atoms with van der Waals surface area (Å²) in [5.41, 5.74) is 13.0. The highest BCUT2D eigenvalue weighted by Crippen LogP contribution is 2.23. The van der Waals surface area contributed by atoms with Crippen LogP contribution in [0.3, 0.4) is 0 Å². The lowest BCUT2D eigenvalue weighted by molar-refractivity contribution is -0.148. The molecule has 0 saturated heterocycles. The number of Topliss-reactive ketones (excluding diaryl/α,β-unsaturated/α-hetero) is 1. The number of amides is 1. The summed E-state index contributed by atoms with van der Waals surface area (Å²) in [5, 5.41) is 36.2. The highest BCUT2D eigenvalue weighted by Gasteiger charge is 2.20. The van der Waals surface area contributed by atoms with Crippen molar-refractivity contribution in [2.75, 3.05) is 6.61 Å². The minimum atomic E-state index is -1.62. The predicted octanol–water partition coefficient (Wildman–Crippen LogP) is 2.07. The number of carboxylic acids is 2. The number of benzene rings is 3. The maximum atomic E-state index is 13.1. The third-order valence-corrected chi connectivity index (χ3v) is 6.19. The summed E-state index contributed by atoms with van der Waals surface area (Å²) in [4.78, 5) is 47.3. The van der Waals surface area contributed by atoms with Crippen LogP contribution in [-0.4, -0.2) is 58.2 Å². The molecule has 9 N–H and O–H groups in total. The minimum Gasteiger partial charge on any atom is -0.491 e. The first-order valence-electron chi connectivity index (χ1n) is 13.0. The maximum absolute atomic E-state index is 13.1. The van der Waals surface area contributed by atoms with Gasteiger partial charge >= 0.3 is 11.9 Å². The van der Waals surface area contributed by atoms with Gasteiger partial charge in [0.15, 0.2) is 0 Å². The number of carbonyl (C=O) groups excluding carboxylic acids is 2. The zero-order valence-corrected chi connectivity index (χ0v) is 23.0. The molecule has 0 aliphatic heterocycles. The molecule has 3 rings (SSSR count). The van der Waals surface area contributed by atoms with Crippen molar-refractivity contribution < 1.29 is 38.9 Å². The Balaban J connectivity index is 1.74. The van der Waals surface area contributed by atoms with Gasteiger partial charge in [0.05, 0.1) is 6.04 Å². The van der Waals surface area contributed by atoms with E-state index in [-0.39, 0.29) is 60.2 Å². The number of nitrogen functional groups attached to an aromatic ring is 2. The van der Waals surface area contributed by atoms with Crippen molar-refractivity contribution in [3.8, 4) is 11.5 Å². The van der Waals surface area contributed by atoms with Crippen molar-refractivity contribution in [2.45, 2.75) is 31.9 Å². The Morgan fingerprint density at radius 1 is 0.837 bits per heavy atom. The van der Waals surface area contributed by atoms with Crippen molar-refractivity contribution in [3.05, 3.63) is 94.5 Å². The minimum absolute atomic E-state index is 0.00610. The third kappa shape index (κ3) is 9.70. The van der Waals surface area contributed by atoms with E-state index in [9.17, 15) is 24.3 Å². The van der Waals surface area contributed by atoms with Gasteiger partial charge < -0.3 is 36.5 Å². The number of hydrogen-bond donors (Lipinski definition) is 7. The van der Waals surface area contributed by atoms with E-state index < -0.39 is 36.1 Å². The van der Waals surface area contributed by atoms with E-state index in [4.69, 9.17) is 36.9 Å². The largest absolute Gasteiger partial charge is 0.491 e. The summed E-state index contributed by atoms with van der Waals surface area (Å²) in [5.74, 6) is -4.10. The molecule has 0 aliphatic rings. The van der Waals surface area contributed by atoms with Gasteiger partial charge in [0.1, 0.15) is 36.4 Å². The molecule has 0 radical (unpaired) electrons. The van der Waals surface area contributed by atoms with E-state index >= 15 is 0 Å². The molecule has 1 atom stereocenters. The number of carboxylic acid groups (broad SMARTS) is 2. The Kier molecular flexibility index (Phi) is 10.9. The van der Waals surface area contributed by atoms with Crippen LogP contribution in [0.15, 0.2) is 66.7 Å². The lowest BCUT2D eigenvalue weighted by atomic mass is 10.0. The Bertz CT molecular complexity index is 1560. The van der Waals surface area contributed by atoms with Crippen LogP contribution >= 0.6 is 0 Å². The molecule has 0 bridgehead atoms. The van der Waals surface area contributed by atoms with Gasteiger partial charge in [-0.25, -0.2) is 4.79 Å². The third-order valence-electron chi connectivity index (χ3n) is 6.19. The van der Waals surface area contributed by atoms with E-state index in [2.05, 4.69) is 5.32 Å². The van der Waals surface area contributed by atoms with Crippen molar-refractivity contribution in [2.24, 2.45) is 11.5 Å². The fourth-order valence-corrected chi connectivity index (χ4v) is 3.93. The molecule has 3 aromatic carbocycles. The highest BCUT2D eigenvalue weighted by molar-refractivity contribution is 6.33. The monoisotopic (exact) mass is 589 g/mol. The van der Waals surface area contributed by atoms with Crippen LogP contribution < -0.4 is 26.3 Å². The number of hydrogen-bond acceptors (Lipinski definition) is 8. The molecule has 13 heteroatoms. The van der Waals surface area contributed by atoms with Crippen molar-refractivity contribution >= 4 is 35.3 Å². The average molecular weight is 590 g/mol. The summed E-state index contributed by atoms with van der Waals surface area (Å²) in [6.45, 7) is -0.0949. The molecule has 224 valence electrons. The summed E-state index contributed by atoms with van der Waals surface area (Å²) in [7, 11) is 0. The lowest BCUT2D eigenvalue weighted by Crippen LogP contribution is -2.39. The molecular formula is C30H31N5O8. The number of nitrogens with one attached hydrogen (secondary N) is 3. The maximum Gasteiger partial charge on any atom is 0.372 e. The van der Waals surface area contributed by atoms with Gasteiger partial charge in [-0.3, -0.25) is 25.2 Å². The first-order valence-corrected chi connectivity index (χ1v) is 13.0. The van der Waals surface area contributed by atoms with Crippen molar-refractivity contribution in [3.63, 3.8) is 0 Å². The van der Waals surface area contributed by atoms with Crippen LogP contribution in [0.1, 0.15) is 45.5 Å². The second-order valence-electron chi connectivity index (χ2n) is 9.49. The topological polar surface area (TPSA) is 239 Å². The Morgan fingerprint density at radius 3 is 2.19 bits per heavy atom. The standard InChI is InChI=1S/C30H31N5O8/c31-27(32)19-4-2-6-23(12-19)42-15-17-3-1-5-21(11-17)29(39)35-22(9-10-26(37)38)16-43-25-14-20(28(33)34)8-7-18(25)13-24(36)30(40)41/h1-8,11-12,14,22H,9-10,13,15-16H2,(H3,31,32)(H3,33,34)(H,35,39)(H,37,38)(H,40,41)/t22-/m1/s1. The number of ether oxygens (including phenoxy) is 2. The molecule has 3 aromatic rings. The van der Waals surface area contributed by atoms with Gasteiger partial charge in [0.2, 0.25) is 5.78 Å². The zero-order chi connectivity index (χ0) is 31.5. The van der Waals surface area contributed by atoms with E-state index in [1.165, 1.54) is 18.2 Å². The summed E-state index contributed by atoms with van der Waals surface area (Å²) >= 11 is 0. The summed E-state index contributed by atoms with van der Waals surface area (Å²) < 4.78 is 11.6. The predicted molar refractivity (Wildman–Crippen MR) is 156 cm³/mol. The quantitative estimate of drug-likeness (QED) is 0.0729. The number of carbonyl (C=O) groups is 4. The summed E-state index contributed by atoms with van der Waals surface area (Å²) in [6, 6.07) is 16.8. The molecule has 1 amide bonds. The zero-order valence-electron chi connectivity index (χ0n) is 23.0. The first kappa shape index (κ1) is 31.8. The van der Waals surface area contributed by atoms with Gasteiger partial charge in [-0.1, -0.05) is 36.4 Å². The fraction of sp³-hybridized carbons (Fsp3) is 0.200. The molecule has 0 spiro atoms. The second kappa shape index (κ2) is 14.8. The second-order valence-corrected chi connectivity index (χ2v) is 9.49. The number of ketones is 1. The van der Waals surface area contributed by atoms with Gasteiger partial charge in [0.25, 0.3) is 5.91 Å². The molecule has 0 fully saturated rings. The van der Waals surface area contributed by atoms with E-state index in [0.29, 0.717) is 16.9 Å². The SMILES string of the molecule is N=C(N)c1cccc(OCc2cccc(C(=O)N[C@H](CCC(=O)O)COc3cc(C(=N)N)ccc3CC(=O)C(=O)O)c2)c1. The van der Waals surface area contributed by atoms with Crippen LogP contribution in [0.25, 0.3) is 0 Å². The van der Waals surface area contributed by atoms with Gasteiger partial charge in [-0.2, -0.15) is 0 Å². The molecule has 13 nitrogen and oxygen atoms in total. The first-order chi connectivity index (χ1) is 20.4. The lowest BCUT2D eigenvalue weighted by Gasteiger charge is -2.20. The average Bonchev–Trinajstić information content (AvgIpc) is 2.97. The van der Waals surface area contributed by atoms with Crippen LogP contribution in [0.4, 0.5) is 0 Å². The van der Waals surface area contributed by atoms with Gasteiger partial charge in [0, 0.05) is 35.1 Å². The highest BCUT2D eigenvalue weighted by atomic mass is 16.5. The van der Waals surface area contributed by atoms with E-state index in [0.717, 1.165) is 0 Å². The Labute approximate surface area is 246 Å². The Morgan fingerprint density at radius 2 is 1.51 bits per heavy atom. The Hall–Kier alpha value is -5.72. The van der Waals surface area contributed by atoms with Crippen molar-refractivity contribution in [1.29, 1.82) is 10.8 Å². The molecule has 0 heterocycles. The van der Waals surface area contributed by atoms with Gasteiger partial charge in [-0.05, 0) is 42.3 Å². The number of aliphatic carboxylic acids is 2. The molecule has 0 unspecified atom stereocenters. The number of amidine groups is 2. The molecule has 0 aromatic heterocycles.